The Morgan fingerprint density at radius 3 is 2.11 bits per heavy atom. The Morgan fingerprint density at radius 1 is 1.28 bits per heavy atom. The molecule has 0 aromatic carbocycles. The van der Waals surface area contributed by atoms with Crippen molar-refractivity contribution in [2.24, 2.45) is 5.92 Å². The van der Waals surface area contributed by atoms with Gasteiger partial charge in [0.15, 0.2) is 5.78 Å². The number of aliphatic carboxylic acids is 1. The van der Waals surface area contributed by atoms with Gasteiger partial charge in [-0.15, -0.1) is 0 Å². The molecule has 1 amide bonds. The largest absolute Gasteiger partial charge is 0.481 e. The minimum absolute atomic E-state index is 0.205. The van der Waals surface area contributed by atoms with Crippen LogP contribution in [0.2, 0.25) is 0 Å². The second kappa shape index (κ2) is 6.37. The van der Waals surface area contributed by atoms with Crippen molar-refractivity contribution in [3.05, 3.63) is 0 Å². The van der Waals surface area contributed by atoms with Crippen molar-refractivity contribution in [1.82, 2.24) is 4.90 Å². The number of rotatable bonds is 5. The number of carboxylic acids is 1. The molecular formula is C12H21NO5. The second-order valence-corrected chi connectivity index (χ2v) is 5.10. The van der Waals surface area contributed by atoms with Gasteiger partial charge in [0.2, 0.25) is 0 Å². The zero-order valence-corrected chi connectivity index (χ0v) is 11.5. The number of carbonyl (C=O) groups is 3. The fourth-order valence-electron chi connectivity index (χ4n) is 1.29. The highest BCUT2D eigenvalue weighted by atomic mass is 16.6. The highest BCUT2D eigenvalue weighted by Gasteiger charge is 2.27. The van der Waals surface area contributed by atoms with Crippen molar-refractivity contribution >= 4 is 17.8 Å². The van der Waals surface area contributed by atoms with Crippen LogP contribution in [0.4, 0.5) is 4.79 Å². The summed E-state index contributed by atoms with van der Waals surface area (Å²) in [7, 11) is 1.40. The van der Waals surface area contributed by atoms with Crippen molar-refractivity contribution < 1.29 is 24.2 Å². The number of Topliss-reactive ketones (excluding diaryl/α,β-unsaturated/α-hetero) is 1. The molecule has 18 heavy (non-hydrogen) atoms. The first-order valence-corrected chi connectivity index (χ1v) is 5.78. The third-order valence-corrected chi connectivity index (χ3v) is 2.19. The maximum Gasteiger partial charge on any atom is 0.410 e. The number of likely N-dealkylation sites (N-methyl/N-ethyl adjacent to an activating group) is 1. The Labute approximate surface area is 107 Å². The molecule has 6 heteroatoms. The lowest BCUT2D eigenvalue weighted by Crippen LogP contribution is -2.40. The normalized spacial score (nSPS) is 12.7. The van der Waals surface area contributed by atoms with Gasteiger partial charge in [-0.05, 0) is 27.2 Å². The summed E-state index contributed by atoms with van der Waals surface area (Å²) >= 11 is 0. The van der Waals surface area contributed by atoms with E-state index in [-0.39, 0.29) is 13.0 Å². The smallest absolute Gasteiger partial charge is 0.410 e. The van der Waals surface area contributed by atoms with Gasteiger partial charge in [-0.1, -0.05) is 6.92 Å². The Kier molecular flexibility index (Phi) is 5.81. The lowest BCUT2D eigenvalue weighted by molar-refractivity contribution is -0.146. The highest BCUT2D eigenvalue weighted by molar-refractivity contribution is 6.00. The zero-order chi connectivity index (χ0) is 14.5. The van der Waals surface area contributed by atoms with Gasteiger partial charge in [0, 0.05) is 7.05 Å². The molecule has 6 nitrogen and oxygen atoms in total. The molecule has 0 saturated carbocycles. The van der Waals surface area contributed by atoms with Crippen molar-refractivity contribution in [1.29, 1.82) is 0 Å². The number of hydrogen-bond acceptors (Lipinski definition) is 4. The van der Waals surface area contributed by atoms with Crippen LogP contribution in [0.5, 0.6) is 0 Å². The molecule has 0 aliphatic carbocycles. The van der Waals surface area contributed by atoms with E-state index in [0.717, 1.165) is 4.90 Å². The molecule has 0 spiro atoms. The van der Waals surface area contributed by atoms with Crippen molar-refractivity contribution in [3.63, 3.8) is 0 Å². The maximum atomic E-state index is 11.7. The van der Waals surface area contributed by atoms with Crippen LogP contribution in [-0.2, 0) is 14.3 Å². The molecule has 1 N–H and O–H groups in total. The second-order valence-electron chi connectivity index (χ2n) is 5.10. The number of hydrogen-bond donors (Lipinski definition) is 1. The summed E-state index contributed by atoms with van der Waals surface area (Å²) < 4.78 is 5.06. The van der Waals surface area contributed by atoms with Gasteiger partial charge in [-0.3, -0.25) is 9.59 Å². The predicted molar refractivity (Wildman–Crippen MR) is 65.3 cm³/mol. The minimum Gasteiger partial charge on any atom is -0.481 e. The molecular weight excluding hydrogens is 238 g/mol. The zero-order valence-electron chi connectivity index (χ0n) is 11.5. The average Bonchev–Trinajstić information content (AvgIpc) is 2.14. The number of ether oxygens (including phenoxy) is 1. The molecule has 0 heterocycles. The molecule has 0 aromatic heterocycles. The number of ketones is 1. The molecule has 0 saturated heterocycles. The lowest BCUT2D eigenvalue weighted by Gasteiger charge is -2.24. The Hall–Kier alpha value is -1.59. The van der Waals surface area contributed by atoms with E-state index < -0.39 is 29.4 Å². The summed E-state index contributed by atoms with van der Waals surface area (Å²) in [5, 5.41) is 8.83. The number of nitrogens with zero attached hydrogens (tertiary/aromatic N) is 1. The maximum absolute atomic E-state index is 11.7. The fraction of sp³-hybridized carbons (Fsp3) is 0.750. The summed E-state index contributed by atoms with van der Waals surface area (Å²) in [6.45, 7) is 6.50. The van der Waals surface area contributed by atoms with Gasteiger partial charge in [0.1, 0.15) is 11.5 Å². The molecule has 0 fully saturated rings. The summed E-state index contributed by atoms with van der Waals surface area (Å²) in [5.74, 6) is -2.74. The lowest BCUT2D eigenvalue weighted by atomic mass is 10.0. The van der Waals surface area contributed by atoms with Crippen LogP contribution in [-0.4, -0.2) is 47.0 Å². The number of carboxylic acid groups (broad SMARTS) is 1. The summed E-state index contributed by atoms with van der Waals surface area (Å²) in [4.78, 5) is 35.1. The molecule has 0 bridgehead atoms. The Balaban J connectivity index is 4.48. The van der Waals surface area contributed by atoms with Crippen LogP contribution in [0.15, 0.2) is 0 Å². The minimum atomic E-state index is -1.17. The number of carbonyl (C=O) groups excluding carboxylic acids is 2. The first kappa shape index (κ1) is 16.4. The summed E-state index contributed by atoms with van der Waals surface area (Å²) in [5.41, 5.74) is -0.647. The molecule has 0 aromatic rings. The number of amides is 1. The SMILES string of the molecule is CCC(C(=O)O)C(=O)CN(C)C(=O)OC(C)(C)C. The third-order valence-electron chi connectivity index (χ3n) is 2.19. The molecule has 0 aliphatic rings. The van der Waals surface area contributed by atoms with Gasteiger partial charge in [0.25, 0.3) is 0 Å². The molecule has 0 aliphatic heterocycles. The quantitative estimate of drug-likeness (QED) is 0.757. The fourth-order valence-corrected chi connectivity index (χ4v) is 1.29. The van der Waals surface area contributed by atoms with E-state index in [1.807, 2.05) is 0 Å². The standard InChI is InChI=1S/C12H21NO5/c1-6-8(10(15)16)9(14)7-13(5)11(17)18-12(2,3)4/h8H,6-7H2,1-5H3,(H,15,16). The van der Waals surface area contributed by atoms with Crippen LogP contribution >= 0.6 is 0 Å². The molecule has 0 radical (unpaired) electrons. The molecule has 104 valence electrons. The third kappa shape index (κ3) is 5.65. The van der Waals surface area contributed by atoms with Gasteiger partial charge in [-0.2, -0.15) is 0 Å². The monoisotopic (exact) mass is 259 g/mol. The summed E-state index contributed by atoms with van der Waals surface area (Å²) in [6.07, 6.45) is -0.438. The van der Waals surface area contributed by atoms with E-state index in [9.17, 15) is 14.4 Å². The van der Waals surface area contributed by atoms with Gasteiger partial charge < -0.3 is 14.7 Å². The van der Waals surface area contributed by atoms with E-state index in [2.05, 4.69) is 0 Å². The van der Waals surface area contributed by atoms with Crippen LogP contribution in [0.3, 0.4) is 0 Å². The first-order valence-electron chi connectivity index (χ1n) is 5.78. The summed E-state index contributed by atoms with van der Waals surface area (Å²) in [6, 6.07) is 0. The predicted octanol–water partition coefficient (Wildman–Crippen LogP) is 1.53. The Morgan fingerprint density at radius 2 is 1.78 bits per heavy atom. The van der Waals surface area contributed by atoms with Crippen molar-refractivity contribution in [2.75, 3.05) is 13.6 Å². The first-order chi connectivity index (χ1) is 8.08. The van der Waals surface area contributed by atoms with E-state index >= 15 is 0 Å². The van der Waals surface area contributed by atoms with E-state index in [0.29, 0.717) is 0 Å². The van der Waals surface area contributed by atoms with Crippen LogP contribution in [0.1, 0.15) is 34.1 Å². The van der Waals surface area contributed by atoms with E-state index in [1.54, 1.807) is 27.7 Å². The highest BCUT2D eigenvalue weighted by Crippen LogP contribution is 2.10. The molecule has 0 rings (SSSR count). The van der Waals surface area contributed by atoms with Gasteiger partial charge in [0.05, 0.1) is 6.54 Å². The Bertz CT molecular complexity index is 332. The van der Waals surface area contributed by atoms with E-state index in [4.69, 9.17) is 9.84 Å². The van der Waals surface area contributed by atoms with E-state index in [1.165, 1.54) is 7.05 Å². The van der Waals surface area contributed by atoms with Gasteiger partial charge in [-0.25, -0.2) is 4.79 Å². The van der Waals surface area contributed by atoms with Crippen molar-refractivity contribution in [2.45, 2.75) is 39.7 Å². The van der Waals surface area contributed by atoms with Crippen LogP contribution in [0, 0.1) is 5.92 Å². The van der Waals surface area contributed by atoms with Crippen molar-refractivity contribution in [3.8, 4) is 0 Å². The average molecular weight is 259 g/mol. The van der Waals surface area contributed by atoms with Gasteiger partial charge >= 0.3 is 12.1 Å². The molecule has 1 unspecified atom stereocenters. The molecule has 1 atom stereocenters. The topological polar surface area (TPSA) is 83.9 Å². The van der Waals surface area contributed by atoms with Crippen LogP contribution < -0.4 is 0 Å². The van der Waals surface area contributed by atoms with Crippen LogP contribution in [0.25, 0.3) is 0 Å².